The minimum absolute atomic E-state index is 0.112. The first kappa shape index (κ1) is 16.9. The zero-order chi connectivity index (χ0) is 16.8. The van der Waals surface area contributed by atoms with Gasteiger partial charge in [-0.1, -0.05) is 12.5 Å². The lowest BCUT2D eigenvalue weighted by atomic mass is 9.92. The molecule has 0 aliphatic carbocycles. The van der Waals surface area contributed by atoms with Gasteiger partial charge < -0.3 is 9.80 Å². The third-order valence-electron chi connectivity index (χ3n) is 5.12. The number of piperidine rings is 1. The molecule has 1 atom stereocenters. The van der Waals surface area contributed by atoms with Crippen LogP contribution in [0.5, 0.6) is 0 Å². The molecule has 0 spiro atoms. The summed E-state index contributed by atoms with van der Waals surface area (Å²) in [4.78, 5) is 32.6. The Labute approximate surface area is 144 Å². The summed E-state index contributed by atoms with van der Waals surface area (Å²) in [6.45, 7) is 2.62. The number of nitrogens with zero attached hydrogens (tertiary/aromatic N) is 3. The number of hydrogen-bond acceptors (Lipinski definition) is 3. The molecule has 3 heterocycles. The van der Waals surface area contributed by atoms with Crippen molar-refractivity contribution in [1.82, 2.24) is 14.8 Å². The van der Waals surface area contributed by atoms with Gasteiger partial charge in [-0.05, 0) is 49.7 Å². The van der Waals surface area contributed by atoms with Crippen molar-refractivity contribution in [3.05, 3.63) is 30.1 Å². The number of aromatic nitrogens is 1. The Kier molecular flexibility index (Phi) is 5.83. The first-order chi connectivity index (χ1) is 11.7. The van der Waals surface area contributed by atoms with Gasteiger partial charge in [-0.25, -0.2) is 0 Å². The molecule has 0 saturated carbocycles. The van der Waals surface area contributed by atoms with Gasteiger partial charge in [-0.15, -0.1) is 0 Å². The SMILES string of the molecule is O=C1CCCCCN1CC(=O)N1CCCC(Cc2cccnc2)C1. The minimum Gasteiger partial charge on any atom is -0.341 e. The largest absolute Gasteiger partial charge is 0.341 e. The summed E-state index contributed by atoms with van der Waals surface area (Å²) in [5.74, 6) is 0.748. The van der Waals surface area contributed by atoms with Gasteiger partial charge in [0.1, 0.15) is 0 Å². The molecule has 1 aromatic rings. The molecule has 5 heteroatoms. The highest BCUT2D eigenvalue weighted by atomic mass is 16.2. The molecule has 2 fully saturated rings. The molecule has 0 aromatic carbocycles. The number of likely N-dealkylation sites (tertiary alicyclic amines) is 2. The van der Waals surface area contributed by atoms with E-state index in [1.807, 2.05) is 17.2 Å². The standard InChI is InChI=1S/C19H27N3O2/c23-18-8-2-1-3-10-22(18)15-19(24)21-11-5-7-17(14-21)12-16-6-4-9-20-13-16/h4,6,9,13,17H,1-3,5,7-8,10-12,14-15H2. The minimum atomic E-state index is 0.112. The van der Waals surface area contributed by atoms with Crippen molar-refractivity contribution in [2.45, 2.75) is 44.9 Å². The molecule has 2 saturated heterocycles. The number of rotatable bonds is 4. The maximum absolute atomic E-state index is 12.6. The molecule has 130 valence electrons. The van der Waals surface area contributed by atoms with Crippen molar-refractivity contribution >= 4 is 11.8 Å². The van der Waals surface area contributed by atoms with Gasteiger partial charge in [-0.2, -0.15) is 0 Å². The topological polar surface area (TPSA) is 53.5 Å². The van der Waals surface area contributed by atoms with Crippen LogP contribution in [0.15, 0.2) is 24.5 Å². The van der Waals surface area contributed by atoms with Crippen LogP contribution in [-0.2, 0) is 16.0 Å². The van der Waals surface area contributed by atoms with Crippen LogP contribution in [0.3, 0.4) is 0 Å². The van der Waals surface area contributed by atoms with E-state index >= 15 is 0 Å². The summed E-state index contributed by atoms with van der Waals surface area (Å²) in [6, 6.07) is 4.07. The fourth-order valence-corrected chi connectivity index (χ4v) is 3.78. The van der Waals surface area contributed by atoms with Crippen LogP contribution < -0.4 is 0 Å². The fourth-order valence-electron chi connectivity index (χ4n) is 3.78. The number of carbonyl (C=O) groups excluding carboxylic acids is 2. The second-order valence-electron chi connectivity index (χ2n) is 7.04. The van der Waals surface area contributed by atoms with Gasteiger partial charge in [0.25, 0.3) is 0 Å². The van der Waals surface area contributed by atoms with Gasteiger partial charge in [0.15, 0.2) is 0 Å². The van der Waals surface area contributed by atoms with Crippen molar-refractivity contribution in [3.63, 3.8) is 0 Å². The van der Waals surface area contributed by atoms with Crippen molar-refractivity contribution in [1.29, 1.82) is 0 Å². The average Bonchev–Trinajstić information content (AvgIpc) is 2.81. The predicted octanol–water partition coefficient (Wildman–Crippen LogP) is 2.27. The van der Waals surface area contributed by atoms with Gasteiger partial charge in [0, 0.05) is 38.4 Å². The van der Waals surface area contributed by atoms with Gasteiger partial charge >= 0.3 is 0 Å². The van der Waals surface area contributed by atoms with Crippen molar-refractivity contribution in [2.75, 3.05) is 26.2 Å². The normalized spacial score (nSPS) is 22.3. The van der Waals surface area contributed by atoms with Gasteiger partial charge in [-0.3, -0.25) is 14.6 Å². The quantitative estimate of drug-likeness (QED) is 0.851. The first-order valence-corrected chi connectivity index (χ1v) is 9.17. The molecule has 0 N–H and O–H groups in total. The lowest BCUT2D eigenvalue weighted by Crippen LogP contribution is -2.46. The highest BCUT2D eigenvalue weighted by molar-refractivity contribution is 5.85. The van der Waals surface area contributed by atoms with Crippen LogP contribution >= 0.6 is 0 Å². The van der Waals surface area contributed by atoms with E-state index in [-0.39, 0.29) is 18.4 Å². The van der Waals surface area contributed by atoms with Crippen LogP contribution in [-0.4, -0.2) is 52.8 Å². The third-order valence-corrected chi connectivity index (χ3v) is 5.12. The lowest BCUT2D eigenvalue weighted by molar-refractivity contribution is -0.141. The summed E-state index contributed by atoms with van der Waals surface area (Å²) in [5.41, 5.74) is 1.24. The lowest BCUT2D eigenvalue weighted by Gasteiger charge is -2.34. The molecule has 0 radical (unpaired) electrons. The fraction of sp³-hybridized carbons (Fsp3) is 0.632. The van der Waals surface area contributed by atoms with Crippen LogP contribution in [0.4, 0.5) is 0 Å². The van der Waals surface area contributed by atoms with Crippen LogP contribution in [0.1, 0.15) is 44.1 Å². The van der Waals surface area contributed by atoms with Crippen LogP contribution in [0, 0.1) is 5.92 Å². The highest BCUT2D eigenvalue weighted by Crippen LogP contribution is 2.21. The van der Waals surface area contributed by atoms with E-state index in [0.717, 1.165) is 58.2 Å². The summed E-state index contributed by atoms with van der Waals surface area (Å²) in [7, 11) is 0. The van der Waals surface area contributed by atoms with Crippen molar-refractivity contribution < 1.29 is 9.59 Å². The van der Waals surface area contributed by atoms with Crippen molar-refractivity contribution in [2.24, 2.45) is 5.92 Å². The van der Waals surface area contributed by atoms with Crippen LogP contribution in [0.2, 0.25) is 0 Å². The highest BCUT2D eigenvalue weighted by Gasteiger charge is 2.26. The number of carbonyl (C=O) groups is 2. The summed E-state index contributed by atoms with van der Waals surface area (Å²) in [5, 5.41) is 0. The Hall–Kier alpha value is -1.91. The first-order valence-electron chi connectivity index (χ1n) is 9.17. The smallest absolute Gasteiger partial charge is 0.242 e. The molecular weight excluding hydrogens is 302 g/mol. The molecule has 2 aliphatic rings. The summed E-state index contributed by atoms with van der Waals surface area (Å²) >= 11 is 0. The maximum Gasteiger partial charge on any atom is 0.242 e. The van der Waals surface area contributed by atoms with Gasteiger partial charge in [0.2, 0.25) is 11.8 Å². The third kappa shape index (κ3) is 4.56. The predicted molar refractivity (Wildman–Crippen MR) is 92.3 cm³/mol. The molecule has 24 heavy (non-hydrogen) atoms. The average molecular weight is 329 g/mol. The molecule has 1 unspecified atom stereocenters. The Balaban J connectivity index is 1.53. The summed E-state index contributed by atoms with van der Waals surface area (Å²) in [6.07, 6.45) is 10.5. The van der Waals surface area contributed by atoms with Crippen LogP contribution in [0.25, 0.3) is 0 Å². The molecule has 3 rings (SSSR count). The van der Waals surface area contributed by atoms with E-state index in [2.05, 4.69) is 11.1 Å². The Morgan fingerprint density at radius 3 is 2.96 bits per heavy atom. The Morgan fingerprint density at radius 1 is 1.21 bits per heavy atom. The second-order valence-corrected chi connectivity index (χ2v) is 7.04. The van der Waals surface area contributed by atoms with E-state index in [1.54, 1.807) is 11.1 Å². The summed E-state index contributed by atoms with van der Waals surface area (Å²) < 4.78 is 0. The molecule has 1 aromatic heterocycles. The number of pyridine rings is 1. The molecular formula is C19H27N3O2. The molecule has 2 aliphatic heterocycles. The zero-order valence-corrected chi connectivity index (χ0v) is 14.3. The van der Waals surface area contributed by atoms with E-state index in [0.29, 0.717) is 12.3 Å². The molecule has 0 bridgehead atoms. The van der Waals surface area contributed by atoms with Crippen molar-refractivity contribution in [3.8, 4) is 0 Å². The molecule has 2 amide bonds. The Morgan fingerprint density at radius 2 is 2.12 bits per heavy atom. The maximum atomic E-state index is 12.6. The molecule has 5 nitrogen and oxygen atoms in total. The van der Waals surface area contributed by atoms with E-state index in [9.17, 15) is 9.59 Å². The van der Waals surface area contributed by atoms with E-state index < -0.39 is 0 Å². The zero-order valence-electron chi connectivity index (χ0n) is 14.3. The van der Waals surface area contributed by atoms with Gasteiger partial charge in [0.05, 0.1) is 6.54 Å². The second kappa shape index (κ2) is 8.27. The number of amides is 2. The number of hydrogen-bond donors (Lipinski definition) is 0. The Bertz CT molecular complexity index is 561. The van der Waals surface area contributed by atoms with E-state index in [1.165, 1.54) is 5.56 Å². The van der Waals surface area contributed by atoms with E-state index in [4.69, 9.17) is 0 Å². The monoisotopic (exact) mass is 329 g/mol.